The maximum Gasteiger partial charge on any atom is 0.0420 e. The predicted octanol–water partition coefficient (Wildman–Crippen LogP) is 3.72. The predicted molar refractivity (Wildman–Crippen MR) is 72.0 cm³/mol. The van der Waals surface area contributed by atoms with Crippen LogP contribution in [0.25, 0.3) is 0 Å². The summed E-state index contributed by atoms with van der Waals surface area (Å²) in [6.45, 7) is 6.92. The number of nitrogens with zero attached hydrogens (tertiary/aromatic N) is 2. The van der Waals surface area contributed by atoms with Gasteiger partial charge in [-0.15, -0.1) is 0 Å². The van der Waals surface area contributed by atoms with E-state index in [0.717, 1.165) is 0 Å². The molecule has 0 aliphatic carbocycles. The smallest absolute Gasteiger partial charge is 0.0420 e. The molecule has 1 fully saturated rings. The Bertz CT molecular complexity index is 349. The van der Waals surface area contributed by atoms with Crippen molar-refractivity contribution in [3.05, 3.63) is 29.6 Å². The number of hydrogen-bond acceptors (Lipinski definition) is 2. The van der Waals surface area contributed by atoms with Crippen LogP contribution in [0.15, 0.2) is 18.3 Å². The van der Waals surface area contributed by atoms with Crippen molar-refractivity contribution in [2.24, 2.45) is 0 Å². The van der Waals surface area contributed by atoms with Gasteiger partial charge in [-0.25, -0.2) is 0 Å². The Balaban J connectivity index is 2.13. The molecule has 1 aliphatic rings. The third kappa shape index (κ3) is 3.06. The zero-order chi connectivity index (χ0) is 12.1. The lowest BCUT2D eigenvalue weighted by Crippen LogP contribution is -2.34. The fraction of sp³-hybridized carbons (Fsp3) is 0.667. The maximum atomic E-state index is 4.44. The largest absolute Gasteiger partial charge is 0.296 e. The zero-order valence-corrected chi connectivity index (χ0v) is 11.2. The lowest BCUT2D eigenvalue weighted by Gasteiger charge is -2.36. The van der Waals surface area contributed by atoms with Gasteiger partial charge in [0, 0.05) is 17.9 Å². The first-order chi connectivity index (χ1) is 8.33. The summed E-state index contributed by atoms with van der Waals surface area (Å²) in [4.78, 5) is 7.11. The molecule has 0 aromatic carbocycles. The summed E-state index contributed by atoms with van der Waals surface area (Å²) in [6, 6.07) is 4.95. The third-order valence-corrected chi connectivity index (χ3v) is 3.82. The average Bonchev–Trinajstić information content (AvgIpc) is 2.37. The molecular formula is C15H24N2. The van der Waals surface area contributed by atoms with E-state index in [-0.39, 0.29) is 0 Å². The molecular weight excluding hydrogens is 208 g/mol. The first-order valence-electron chi connectivity index (χ1n) is 6.98. The number of piperidine rings is 1. The van der Waals surface area contributed by atoms with Gasteiger partial charge in [0.15, 0.2) is 0 Å². The summed E-state index contributed by atoms with van der Waals surface area (Å²) in [5.41, 5.74) is 2.66. The molecule has 1 unspecified atom stereocenters. The lowest BCUT2D eigenvalue weighted by molar-refractivity contribution is 0.146. The lowest BCUT2D eigenvalue weighted by atomic mass is 9.94. The normalized spacial score (nSPS) is 21.6. The minimum atomic E-state index is 0.615. The molecule has 2 nitrogen and oxygen atoms in total. The molecule has 0 radical (unpaired) electrons. The standard InChI is InChI=1S/C15H24N2/c1-3-4-11-17-12-6-5-9-15(17)14-8-7-10-16-13(14)2/h7-8,10,15H,3-6,9,11-12H2,1-2H3. The maximum absolute atomic E-state index is 4.44. The molecule has 1 atom stereocenters. The number of rotatable bonds is 4. The van der Waals surface area contributed by atoms with Gasteiger partial charge < -0.3 is 0 Å². The Morgan fingerprint density at radius 3 is 3.06 bits per heavy atom. The van der Waals surface area contributed by atoms with Gasteiger partial charge in [0.25, 0.3) is 0 Å². The minimum absolute atomic E-state index is 0.615. The second kappa shape index (κ2) is 6.15. The molecule has 17 heavy (non-hydrogen) atoms. The van der Waals surface area contributed by atoms with E-state index in [1.165, 1.54) is 56.5 Å². The number of likely N-dealkylation sites (tertiary alicyclic amines) is 1. The van der Waals surface area contributed by atoms with Crippen LogP contribution in [0, 0.1) is 6.92 Å². The van der Waals surface area contributed by atoms with Crippen LogP contribution in [-0.4, -0.2) is 23.0 Å². The average molecular weight is 232 g/mol. The van der Waals surface area contributed by atoms with E-state index in [2.05, 4.69) is 35.9 Å². The topological polar surface area (TPSA) is 16.1 Å². The summed E-state index contributed by atoms with van der Waals surface area (Å²) in [5.74, 6) is 0. The van der Waals surface area contributed by atoms with E-state index in [0.29, 0.717) is 6.04 Å². The Morgan fingerprint density at radius 2 is 2.29 bits per heavy atom. The van der Waals surface area contributed by atoms with E-state index in [9.17, 15) is 0 Å². The monoisotopic (exact) mass is 232 g/mol. The highest BCUT2D eigenvalue weighted by atomic mass is 15.2. The molecule has 0 amide bonds. The van der Waals surface area contributed by atoms with Crippen LogP contribution in [0.5, 0.6) is 0 Å². The van der Waals surface area contributed by atoms with Crippen LogP contribution < -0.4 is 0 Å². The van der Waals surface area contributed by atoms with Crippen molar-refractivity contribution >= 4 is 0 Å². The van der Waals surface area contributed by atoms with Gasteiger partial charge in [0.05, 0.1) is 0 Å². The fourth-order valence-electron chi connectivity index (χ4n) is 2.82. The van der Waals surface area contributed by atoms with Gasteiger partial charge >= 0.3 is 0 Å². The van der Waals surface area contributed by atoms with Crippen LogP contribution in [0.4, 0.5) is 0 Å². The quantitative estimate of drug-likeness (QED) is 0.786. The summed E-state index contributed by atoms with van der Waals surface area (Å²) in [7, 11) is 0. The minimum Gasteiger partial charge on any atom is -0.296 e. The van der Waals surface area contributed by atoms with Gasteiger partial charge in [0.2, 0.25) is 0 Å². The Hall–Kier alpha value is -0.890. The van der Waals surface area contributed by atoms with Gasteiger partial charge in [-0.05, 0) is 50.9 Å². The van der Waals surface area contributed by atoms with Gasteiger partial charge in [-0.2, -0.15) is 0 Å². The SMILES string of the molecule is CCCCN1CCCCC1c1cccnc1C. The molecule has 2 rings (SSSR count). The van der Waals surface area contributed by atoms with Crippen LogP contribution >= 0.6 is 0 Å². The van der Waals surface area contributed by atoms with E-state index in [1.54, 1.807) is 0 Å². The van der Waals surface area contributed by atoms with Crippen molar-refractivity contribution in [3.8, 4) is 0 Å². The molecule has 1 aromatic heterocycles. The number of pyridine rings is 1. The second-order valence-electron chi connectivity index (χ2n) is 5.08. The fourth-order valence-corrected chi connectivity index (χ4v) is 2.82. The van der Waals surface area contributed by atoms with Crippen molar-refractivity contribution in [2.45, 2.75) is 52.0 Å². The van der Waals surface area contributed by atoms with E-state index in [1.807, 2.05) is 6.20 Å². The van der Waals surface area contributed by atoms with Gasteiger partial charge in [0.1, 0.15) is 0 Å². The first-order valence-corrected chi connectivity index (χ1v) is 6.98. The summed E-state index contributed by atoms with van der Waals surface area (Å²) in [5, 5.41) is 0. The number of aromatic nitrogens is 1. The van der Waals surface area contributed by atoms with Crippen LogP contribution in [0.2, 0.25) is 0 Å². The highest BCUT2D eigenvalue weighted by Crippen LogP contribution is 2.32. The van der Waals surface area contributed by atoms with Crippen LogP contribution in [0.1, 0.15) is 56.3 Å². The summed E-state index contributed by atoms with van der Waals surface area (Å²) < 4.78 is 0. The third-order valence-electron chi connectivity index (χ3n) is 3.82. The zero-order valence-electron chi connectivity index (χ0n) is 11.2. The second-order valence-corrected chi connectivity index (χ2v) is 5.08. The van der Waals surface area contributed by atoms with Crippen molar-refractivity contribution in [1.29, 1.82) is 0 Å². The number of aryl methyl sites for hydroxylation is 1. The summed E-state index contributed by atoms with van der Waals surface area (Å²) >= 11 is 0. The Kier molecular flexibility index (Phi) is 4.55. The molecule has 0 bridgehead atoms. The molecule has 2 heterocycles. The molecule has 0 spiro atoms. The van der Waals surface area contributed by atoms with Crippen molar-refractivity contribution in [3.63, 3.8) is 0 Å². The number of unbranched alkanes of at least 4 members (excludes halogenated alkanes) is 1. The van der Waals surface area contributed by atoms with Crippen LogP contribution in [0.3, 0.4) is 0 Å². The molecule has 1 aromatic rings. The van der Waals surface area contributed by atoms with E-state index in [4.69, 9.17) is 0 Å². The van der Waals surface area contributed by atoms with Crippen molar-refractivity contribution in [1.82, 2.24) is 9.88 Å². The first kappa shape index (κ1) is 12.6. The Morgan fingerprint density at radius 1 is 1.41 bits per heavy atom. The molecule has 2 heteroatoms. The molecule has 94 valence electrons. The highest BCUT2D eigenvalue weighted by Gasteiger charge is 2.24. The number of hydrogen-bond donors (Lipinski definition) is 0. The van der Waals surface area contributed by atoms with E-state index < -0.39 is 0 Å². The van der Waals surface area contributed by atoms with Crippen molar-refractivity contribution in [2.75, 3.05) is 13.1 Å². The van der Waals surface area contributed by atoms with Gasteiger partial charge in [-0.3, -0.25) is 9.88 Å². The highest BCUT2D eigenvalue weighted by molar-refractivity contribution is 5.23. The molecule has 0 saturated carbocycles. The molecule has 1 saturated heterocycles. The van der Waals surface area contributed by atoms with Gasteiger partial charge in [-0.1, -0.05) is 25.8 Å². The molecule has 1 aliphatic heterocycles. The summed E-state index contributed by atoms with van der Waals surface area (Å²) in [6.07, 6.45) is 8.53. The molecule has 0 N–H and O–H groups in total. The Labute approximate surface area is 105 Å². The van der Waals surface area contributed by atoms with Crippen molar-refractivity contribution < 1.29 is 0 Å². The van der Waals surface area contributed by atoms with Crippen LogP contribution in [-0.2, 0) is 0 Å². The van der Waals surface area contributed by atoms with E-state index >= 15 is 0 Å².